The van der Waals surface area contributed by atoms with E-state index in [1.54, 1.807) is 7.05 Å². The molecule has 74 valence electrons. The maximum absolute atomic E-state index is 11.3. The van der Waals surface area contributed by atoms with Crippen LogP contribution >= 0.6 is 0 Å². The van der Waals surface area contributed by atoms with Crippen LogP contribution in [0.1, 0.15) is 5.56 Å². The van der Waals surface area contributed by atoms with Gasteiger partial charge in [0, 0.05) is 7.05 Å². The standard InChI is InChI=1S/C10H12N2O2/c1-12-8-4-2-3-7(5-6-11)9(8)14-10(12)13/h2-4H,5-6,11H2,1H3. The van der Waals surface area contributed by atoms with Gasteiger partial charge in [-0.15, -0.1) is 0 Å². The Labute approximate surface area is 80.9 Å². The van der Waals surface area contributed by atoms with Crippen LogP contribution in [0.5, 0.6) is 0 Å². The fraction of sp³-hybridized carbons (Fsp3) is 0.300. The summed E-state index contributed by atoms with van der Waals surface area (Å²) in [5, 5.41) is 0. The summed E-state index contributed by atoms with van der Waals surface area (Å²) < 4.78 is 6.63. The van der Waals surface area contributed by atoms with Crippen LogP contribution in [0.2, 0.25) is 0 Å². The smallest absolute Gasteiger partial charge is 0.407 e. The molecule has 4 nitrogen and oxygen atoms in total. The minimum Gasteiger partial charge on any atom is -0.407 e. The van der Waals surface area contributed by atoms with E-state index in [2.05, 4.69) is 0 Å². The predicted octanol–water partition coefficient (Wildman–Crippen LogP) is 0.633. The van der Waals surface area contributed by atoms with E-state index in [9.17, 15) is 4.79 Å². The highest BCUT2D eigenvalue weighted by molar-refractivity contribution is 5.76. The quantitative estimate of drug-likeness (QED) is 0.759. The van der Waals surface area contributed by atoms with Gasteiger partial charge in [0.05, 0.1) is 5.52 Å². The summed E-state index contributed by atoms with van der Waals surface area (Å²) in [6.07, 6.45) is 0.726. The molecule has 1 aromatic carbocycles. The summed E-state index contributed by atoms with van der Waals surface area (Å²) in [6, 6.07) is 5.70. The van der Waals surface area contributed by atoms with E-state index < -0.39 is 0 Å². The molecule has 0 atom stereocenters. The van der Waals surface area contributed by atoms with Crippen molar-refractivity contribution in [3.63, 3.8) is 0 Å². The molecule has 0 saturated heterocycles. The number of aromatic nitrogens is 1. The zero-order chi connectivity index (χ0) is 10.1. The van der Waals surface area contributed by atoms with E-state index in [4.69, 9.17) is 10.2 Å². The average Bonchev–Trinajstić information content (AvgIpc) is 2.46. The third-order valence-corrected chi connectivity index (χ3v) is 2.31. The molecule has 0 unspecified atom stereocenters. The molecular weight excluding hydrogens is 180 g/mol. The van der Waals surface area contributed by atoms with Gasteiger partial charge in [-0.05, 0) is 24.6 Å². The van der Waals surface area contributed by atoms with E-state index in [0.29, 0.717) is 12.1 Å². The predicted molar refractivity (Wildman–Crippen MR) is 54.2 cm³/mol. The number of rotatable bonds is 2. The van der Waals surface area contributed by atoms with Crippen LogP contribution in [-0.2, 0) is 13.5 Å². The Hall–Kier alpha value is -1.55. The maximum Gasteiger partial charge on any atom is 0.419 e. The van der Waals surface area contributed by atoms with Crippen LogP contribution < -0.4 is 11.5 Å². The summed E-state index contributed by atoms with van der Waals surface area (Å²) in [5.74, 6) is -0.329. The zero-order valence-electron chi connectivity index (χ0n) is 7.99. The molecule has 0 aliphatic heterocycles. The number of hydrogen-bond donors (Lipinski definition) is 1. The number of oxazole rings is 1. The number of hydrogen-bond acceptors (Lipinski definition) is 3. The monoisotopic (exact) mass is 192 g/mol. The van der Waals surface area contributed by atoms with Gasteiger partial charge in [-0.1, -0.05) is 12.1 Å². The van der Waals surface area contributed by atoms with Crippen LogP contribution in [0.3, 0.4) is 0 Å². The summed E-state index contributed by atoms with van der Waals surface area (Å²) >= 11 is 0. The highest BCUT2D eigenvalue weighted by Crippen LogP contribution is 2.16. The molecule has 0 bridgehead atoms. The maximum atomic E-state index is 11.3. The largest absolute Gasteiger partial charge is 0.419 e. The van der Waals surface area contributed by atoms with E-state index in [1.807, 2.05) is 18.2 Å². The number of benzene rings is 1. The van der Waals surface area contributed by atoms with Crippen LogP contribution in [0.4, 0.5) is 0 Å². The van der Waals surface area contributed by atoms with Crippen molar-refractivity contribution in [1.29, 1.82) is 0 Å². The van der Waals surface area contributed by atoms with E-state index in [1.165, 1.54) is 4.57 Å². The second-order valence-electron chi connectivity index (χ2n) is 3.23. The van der Waals surface area contributed by atoms with Gasteiger partial charge >= 0.3 is 5.76 Å². The first-order valence-electron chi connectivity index (χ1n) is 4.51. The first-order chi connectivity index (χ1) is 6.74. The van der Waals surface area contributed by atoms with Crippen LogP contribution in [0.25, 0.3) is 11.1 Å². The van der Waals surface area contributed by atoms with Gasteiger partial charge in [-0.25, -0.2) is 4.79 Å². The third-order valence-electron chi connectivity index (χ3n) is 2.31. The Morgan fingerprint density at radius 1 is 1.50 bits per heavy atom. The second kappa shape index (κ2) is 3.31. The highest BCUT2D eigenvalue weighted by atomic mass is 16.4. The number of nitrogens with zero attached hydrogens (tertiary/aromatic N) is 1. The number of aryl methyl sites for hydroxylation is 1. The van der Waals surface area contributed by atoms with Crippen molar-refractivity contribution in [2.75, 3.05) is 6.54 Å². The van der Waals surface area contributed by atoms with Crippen molar-refractivity contribution in [3.05, 3.63) is 34.3 Å². The molecule has 2 N–H and O–H groups in total. The number of fused-ring (bicyclic) bond motifs is 1. The molecule has 0 aliphatic rings. The van der Waals surface area contributed by atoms with Crippen molar-refractivity contribution in [2.45, 2.75) is 6.42 Å². The average molecular weight is 192 g/mol. The molecule has 0 radical (unpaired) electrons. The third kappa shape index (κ3) is 1.24. The number of nitrogens with two attached hydrogens (primary N) is 1. The minimum absolute atomic E-state index is 0.329. The fourth-order valence-electron chi connectivity index (χ4n) is 1.56. The fourth-order valence-corrected chi connectivity index (χ4v) is 1.56. The van der Waals surface area contributed by atoms with Gasteiger partial charge in [-0.3, -0.25) is 4.57 Å². The van der Waals surface area contributed by atoms with E-state index >= 15 is 0 Å². The molecule has 0 aliphatic carbocycles. The molecule has 4 heteroatoms. The lowest BCUT2D eigenvalue weighted by molar-refractivity contribution is 0.525. The highest BCUT2D eigenvalue weighted by Gasteiger charge is 2.08. The van der Waals surface area contributed by atoms with Crippen LogP contribution in [0.15, 0.2) is 27.4 Å². The van der Waals surface area contributed by atoms with Crippen LogP contribution in [-0.4, -0.2) is 11.1 Å². The molecule has 0 amide bonds. The van der Waals surface area contributed by atoms with Crippen LogP contribution in [0, 0.1) is 0 Å². The van der Waals surface area contributed by atoms with Crippen molar-refractivity contribution in [1.82, 2.24) is 4.57 Å². The Balaban J connectivity index is 2.75. The molecule has 2 aromatic rings. The molecule has 0 spiro atoms. The zero-order valence-corrected chi connectivity index (χ0v) is 7.99. The normalized spacial score (nSPS) is 11.0. The molecule has 14 heavy (non-hydrogen) atoms. The molecular formula is C10H12N2O2. The lowest BCUT2D eigenvalue weighted by Crippen LogP contribution is -2.08. The number of para-hydroxylation sites is 1. The van der Waals surface area contributed by atoms with Crippen molar-refractivity contribution < 1.29 is 4.42 Å². The lowest BCUT2D eigenvalue weighted by Gasteiger charge is -1.98. The van der Waals surface area contributed by atoms with Crippen molar-refractivity contribution in [2.24, 2.45) is 12.8 Å². The molecule has 0 saturated carbocycles. The SMILES string of the molecule is Cn1c(=O)oc2c(CCN)cccc21. The second-order valence-corrected chi connectivity index (χ2v) is 3.23. The van der Waals surface area contributed by atoms with Gasteiger partial charge in [0.2, 0.25) is 0 Å². The first kappa shape index (κ1) is 9.02. The van der Waals surface area contributed by atoms with Gasteiger partial charge in [0.1, 0.15) is 0 Å². The van der Waals surface area contributed by atoms with E-state index in [0.717, 1.165) is 17.5 Å². The first-order valence-corrected chi connectivity index (χ1v) is 4.51. The molecule has 1 aromatic heterocycles. The van der Waals surface area contributed by atoms with Gasteiger partial charge in [0.25, 0.3) is 0 Å². The summed E-state index contributed by atoms with van der Waals surface area (Å²) in [6.45, 7) is 0.553. The van der Waals surface area contributed by atoms with Gasteiger partial charge in [-0.2, -0.15) is 0 Å². The van der Waals surface area contributed by atoms with Gasteiger partial charge < -0.3 is 10.2 Å². The summed E-state index contributed by atoms with van der Waals surface area (Å²) in [4.78, 5) is 11.3. The minimum atomic E-state index is -0.329. The molecule has 0 fully saturated rings. The Kier molecular flexibility index (Phi) is 2.13. The lowest BCUT2D eigenvalue weighted by atomic mass is 10.1. The van der Waals surface area contributed by atoms with Crippen molar-refractivity contribution in [3.8, 4) is 0 Å². The topological polar surface area (TPSA) is 61.2 Å². The van der Waals surface area contributed by atoms with Gasteiger partial charge in [0.15, 0.2) is 5.58 Å². The summed E-state index contributed by atoms with van der Waals surface area (Å²) in [7, 11) is 1.69. The van der Waals surface area contributed by atoms with E-state index in [-0.39, 0.29) is 5.76 Å². The summed E-state index contributed by atoms with van der Waals surface area (Å²) in [5.41, 5.74) is 7.94. The Morgan fingerprint density at radius 2 is 2.29 bits per heavy atom. The van der Waals surface area contributed by atoms with Crippen molar-refractivity contribution >= 4 is 11.1 Å². The Morgan fingerprint density at radius 3 is 3.00 bits per heavy atom. The molecule has 2 rings (SSSR count). The molecule has 1 heterocycles. The Bertz CT molecular complexity index is 510.